The third kappa shape index (κ3) is 8.34. The zero-order chi connectivity index (χ0) is 12.6. The molecule has 0 saturated heterocycles. The van der Waals surface area contributed by atoms with E-state index in [2.05, 4.69) is 9.68 Å². The van der Waals surface area contributed by atoms with Crippen LogP contribution in [0.5, 0.6) is 0 Å². The van der Waals surface area contributed by atoms with Crippen LogP contribution >= 0.6 is 0 Å². The minimum absolute atomic E-state index is 0.138. The summed E-state index contributed by atoms with van der Waals surface area (Å²) in [5.41, 5.74) is 0. The molecule has 0 aromatic carbocycles. The Kier molecular flexibility index (Phi) is 6.09. The molecule has 0 rings (SSSR count). The molecule has 0 aliphatic carbocycles. The Morgan fingerprint density at radius 2 is 1.19 bits per heavy atom. The van der Waals surface area contributed by atoms with Crippen LogP contribution in [0.2, 0.25) is 0 Å². The summed E-state index contributed by atoms with van der Waals surface area (Å²) in [7, 11) is 0. The molecule has 10 heteroatoms. The maximum absolute atomic E-state index is 10.6. The zero-order valence-corrected chi connectivity index (χ0v) is 7.99. The molecule has 0 aliphatic rings. The molecular weight excluding hydrogens is 228 g/mol. The molecular formula is C6H8N2O8. The van der Waals surface area contributed by atoms with Crippen LogP contribution in [0.15, 0.2) is 0 Å². The van der Waals surface area contributed by atoms with Crippen molar-refractivity contribution in [2.75, 3.05) is 0 Å². The molecule has 0 atom stereocenters. The van der Waals surface area contributed by atoms with Gasteiger partial charge in [-0.2, -0.15) is 0 Å². The van der Waals surface area contributed by atoms with Gasteiger partial charge in [-0.25, -0.2) is 9.68 Å². The fraction of sp³-hybridized carbons (Fsp3) is 0.667. The molecule has 0 bridgehead atoms. The summed E-state index contributed by atoms with van der Waals surface area (Å²) in [6, 6.07) is 0. The van der Waals surface area contributed by atoms with Crippen molar-refractivity contribution in [1.82, 2.24) is 0 Å². The van der Waals surface area contributed by atoms with Gasteiger partial charge < -0.3 is 0 Å². The molecule has 90 valence electrons. The van der Waals surface area contributed by atoms with Crippen molar-refractivity contribution in [3.63, 3.8) is 0 Å². The summed E-state index contributed by atoms with van der Waals surface area (Å²) in [4.78, 5) is 47.7. The van der Waals surface area contributed by atoms with E-state index in [0.717, 1.165) is 0 Å². The zero-order valence-electron chi connectivity index (χ0n) is 7.99. The molecule has 0 aromatic rings. The summed E-state index contributed by atoms with van der Waals surface area (Å²) in [6.07, 6.45) is -0.210. The van der Waals surface area contributed by atoms with Gasteiger partial charge in [-0.05, 0) is 12.8 Å². The predicted molar refractivity (Wildman–Crippen MR) is 44.6 cm³/mol. The van der Waals surface area contributed by atoms with E-state index in [1.54, 1.807) is 0 Å². The Hall–Kier alpha value is -2.26. The molecule has 0 saturated carbocycles. The maximum atomic E-state index is 10.6. The van der Waals surface area contributed by atoms with Crippen molar-refractivity contribution in [2.45, 2.75) is 25.7 Å². The van der Waals surface area contributed by atoms with Gasteiger partial charge in [0, 0.05) is 12.8 Å². The molecule has 0 aliphatic heterocycles. The Labute approximate surface area is 88.3 Å². The van der Waals surface area contributed by atoms with E-state index in [1.807, 2.05) is 0 Å². The molecule has 0 spiro atoms. The fourth-order valence-corrected chi connectivity index (χ4v) is 0.796. The highest BCUT2D eigenvalue weighted by Crippen LogP contribution is 2.02. The van der Waals surface area contributed by atoms with Crippen LogP contribution in [-0.2, 0) is 19.3 Å². The smallest absolute Gasteiger partial charge is 0.268 e. The van der Waals surface area contributed by atoms with Gasteiger partial charge in [0.2, 0.25) is 0 Å². The first-order valence-corrected chi connectivity index (χ1v) is 4.12. The van der Waals surface area contributed by atoms with Crippen molar-refractivity contribution in [1.29, 1.82) is 0 Å². The average Bonchev–Trinajstić information content (AvgIpc) is 2.10. The standard InChI is InChI=1S/C6H8N2O8/c9-5(15-7(11)12)3-1-2-4-6(10)16-8(13)14/h1-4H2. The van der Waals surface area contributed by atoms with E-state index in [1.165, 1.54) is 0 Å². The van der Waals surface area contributed by atoms with Crippen LogP contribution in [0, 0.1) is 20.2 Å². The molecule has 0 unspecified atom stereocenters. The molecule has 0 N–H and O–H groups in total. The molecule has 0 aromatic heterocycles. The highest BCUT2D eigenvalue weighted by molar-refractivity contribution is 5.69. The Balaban J connectivity index is 3.53. The van der Waals surface area contributed by atoms with Gasteiger partial charge in [-0.3, -0.25) is 9.59 Å². The molecule has 0 fully saturated rings. The van der Waals surface area contributed by atoms with Gasteiger partial charge in [0.05, 0.1) is 0 Å². The molecule has 0 heterocycles. The largest absolute Gasteiger partial charge is 0.303 e. The van der Waals surface area contributed by atoms with Gasteiger partial charge >= 0.3 is 22.1 Å². The lowest BCUT2D eigenvalue weighted by atomic mass is 10.2. The second kappa shape index (κ2) is 7.09. The highest BCUT2D eigenvalue weighted by atomic mass is 17.0. The van der Waals surface area contributed by atoms with Crippen LogP contribution in [-0.4, -0.2) is 22.1 Å². The number of hydrogen-bond donors (Lipinski definition) is 0. The van der Waals surface area contributed by atoms with E-state index in [-0.39, 0.29) is 25.7 Å². The van der Waals surface area contributed by atoms with Crippen molar-refractivity contribution < 1.29 is 29.4 Å². The first kappa shape index (κ1) is 13.7. The third-order valence-corrected chi connectivity index (χ3v) is 1.36. The second-order valence-corrected chi connectivity index (χ2v) is 2.58. The van der Waals surface area contributed by atoms with Crippen LogP contribution in [0.25, 0.3) is 0 Å². The Morgan fingerprint density at radius 3 is 1.44 bits per heavy atom. The second-order valence-electron chi connectivity index (χ2n) is 2.58. The first-order valence-electron chi connectivity index (χ1n) is 4.12. The average molecular weight is 236 g/mol. The molecule has 16 heavy (non-hydrogen) atoms. The minimum atomic E-state index is -1.23. The summed E-state index contributed by atoms with van der Waals surface area (Å²) in [6.45, 7) is 0. The van der Waals surface area contributed by atoms with Gasteiger partial charge in [0.1, 0.15) is 0 Å². The van der Waals surface area contributed by atoms with E-state index in [0.29, 0.717) is 0 Å². The number of nitrogens with zero attached hydrogens (tertiary/aromatic N) is 2. The van der Waals surface area contributed by atoms with E-state index in [4.69, 9.17) is 0 Å². The number of unbranched alkanes of at least 4 members (excludes halogenated alkanes) is 1. The van der Waals surface area contributed by atoms with Gasteiger partial charge in [0.25, 0.3) is 0 Å². The quantitative estimate of drug-likeness (QED) is 0.342. The lowest BCUT2D eigenvalue weighted by Crippen LogP contribution is -2.11. The van der Waals surface area contributed by atoms with Crippen molar-refractivity contribution in [3.05, 3.63) is 20.2 Å². The highest BCUT2D eigenvalue weighted by Gasteiger charge is 2.09. The topological polar surface area (TPSA) is 139 Å². The lowest BCUT2D eigenvalue weighted by Gasteiger charge is -1.98. The maximum Gasteiger partial charge on any atom is 0.303 e. The van der Waals surface area contributed by atoms with Crippen LogP contribution in [0.4, 0.5) is 0 Å². The van der Waals surface area contributed by atoms with E-state index < -0.39 is 22.1 Å². The minimum Gasteiger partial charge on any atom is -0.268 e. The monoisotopic (exact) mass is 236 g/mol. The summed E-state index contributed by atoms with van der Waals surface area (Å²) in [5.74, 6) is -2.07. The van der Waals surface area contributed by atoms with Crippen molar-refractivity contribution in [3.8, 4) is 0 Å². The number of hydrogen-bond acceptors (Lipinski definition) is 8. The van der Waals surface area contributed by atoms with Crippen LogP contribution in [0.1, 0.15) is 25.7 Å². The summed E-state index contributed by atoms with van der Waals surface area (Å²) in [5, 5.41) is 16.9. The van der Waals surface area contributed by atoms with E-state index >= 15 is 0 Å². The predicted octanol–water partition coefficient (Wildman–Crippen LogP) is 0.0166. The van der Waals surface area contributed by atoms with Gasteiger partial charge in [-0.1, -0.05) is 0 Å². The third-order valence-electron chi connectivity index (χ3n) is 1.36. The summed E-state index contributed by atoms with van der Waals surface area (Å²) < 4.78 is 0. The van der Waals surface area contributed by atoms with Crippen molar-refractivity contribution >= 4 is 11.9 Å². The number of rotatable bonds is 7. The van der Waals surface area contributed by atoms with Gasteiger partial charge in [0.15, 0.2) is 0 Å². The van der Waals surface area contributed by atoms with Crippen LogP contribution in [0.3, 0.4) is 0 Å². The van der Waals surface area contributed by atoms with Crippen molar-refractivity contribution in [2.24, 2.45) is 0 Å². The fourth-order valence-electron chi connectivity index (χ4n) is 0.796. The molecule has 0 radical (unpaired) electrons. The first-order chi connectivity index (χ1) is 7.41. The lowest BCUT2D eigenvalue weighted by molar-refractivity contribution is -0.729. The normalized spacial score (nSPS) is 9.25. The van der Waals surface area contributed by atoms with Crippen LogP contribution < -0.4 is 0 Å². The Morgan fingerprint density at radius 1 is 0.875 bits per heavy atom. The van der Waals surface area contributed by atoms with Gasteiger partial charge in [-0.15, -0.1) is 20.2 Å². The van der Waals surface area contributed by atoms with E-state index in [9.17, 15) is 29.8 Å². The summed E-state index contributed by atoms with van der Waals surface area (Å²) >= 11 is 0. The number of carbonyl (C=O) groups excluding carboxylic acids is 2. The SMILES string of the molecule is O=C(CCCCC(=O)O[N+](=O)[O-])O[N+](=O)[O-]. The Bertz CT molecular complexity index is 271. The molecule has 0 amide bonds. The molecule has 10 nitrogen and oxygen atoms in total. The number of carbonyl (C=O) groups is 2.